The normalized spacial score (nSPS) is 50.5. The number of hydrogen-bond donors (Lipinski definition) is 6. The zero-order valence-corrected chi connectivity index (χ0v) is 20.8. The molecule has 0 amide bonds. The summed E-state index contributed by atoms with van der Waals surface area (Å²) in [4.78, 5) is 13.4. The first kappa shape index (κ1) is 26.9. The molecule has 0 aromatic heterocycles. The van der Waals surface area contributed by atoms with E-state index in [2.05, 4.69) is 20.4 Å². The Morgan fingerprint density at radius 3 is 2.43 bits per heavy atom. The lowest BCUT2D eigenvalue weighted by molar-refractivity contribution is -0.314. The van der Waals surface area contributed by atoms with Gasteiger partial charge >= 0.3 is 0 Å². The summed E-state index contributed by atoms with van der Waals surface area (Å²) in [6.45, 7) is 9.12. The van der Waals surface area contributed by atoms with Crippen molar-refractivity contribution in [3.63, 3.8) is 0 Å². The van der Waals surface area contributed by atoms with E-state index in [1.807, 2.05) is 6.08 Å². The number of ether oxygens (including phenoxy) is 2. The molecule has 9 heteroatoms. The first-order valence-electron chi connectivity index (χ1n) is 12.5. The summed E-state index contributed by atoms with van der Waals surface area (Å²) in [5.41, 5.74) is 0.109. The molecule has 1 saturated carbocycles. The lowest BCUT2D eigenvalue weighted by atomic mass is 9.46. The van der Waals surface area contributed by atoms with E-state index in [9.17, 15) is 35.4 Å². The SMILES string of the molecule is C=C[C@@]1(C)CCC2=C(C1)C(=O)C[C@H]1[C@@](C)(CO[C@@H]3O[C@H](CO)[C@H](O)[C@@H](O)[C@@H]3O)[C@@H](O)[C@H](O)C[C@]21C. The van der Waals surface area contributed by atoms with E-state index >= 15 is 0 Å². The number of fused-ring (bicyclic) bond motifs is 2. The van der Waals surface area contributed by atoms with Crippen molar-refractivity contribution in [3.8, 4) is 0 Å². The summed E-state index contributed by atoms with van der Waals surface area (Å²) in [5, 5.41) is 62.1. The number of rotatable bonds is 5. The zero-order valence-electron chi connectivity index (χ0n) is 20.8. The van der Waals surface area contributed by atoms with Gasteiger partial charge in [0, 0.05) is 11.8 Å². The maximum absolute atomic E-state index is 13.4. The number of Topliss-reactive ketones (excluding diaryl/α,β-unsaturated/α-hetero) is 1. The van der Waals surface area contributed by atoms with Gasteiger partial charge in [0.2, 0.25) is 0 Å². The van der Waals surface area contributed by atoms with Crippen LogP contribution in [0.15, 0.2) is 23.8 Å². The van der Waals surface area contributed by atoms with Crippen molar-refractivity contribution in [2.75, 3.05) is 13.2 Å². The highest BCUT2D eigenvalue weighted by molar-refractivity contribution is 5.98. The number of aliphatic hydroxyl groups excluding tert-OH is 6. The third kappa shape index (κ3) is 4.24. The van der Waals surface area contributed by atoms with Gasteiger partial charge in [-0.1, -0.05) is 32.4 Å². The minimum Gasteiger partial charge on any atom is -0.394 e. The van der Waals surface area contributed by atoms with E-state index in [-0.39, 0.29) is 30.1 Å². The molecule has 4 rings (SSSR count). The Kier molecular flexibility index (Phi) is 7.14. The summed E-state index contributed by atoms with van der Waals surface area (Å²) in [6, 6.07) is 0. The molecule has 0 spiro atoms. The summed E-state index contributed by atoms with van der Waals surface area (Å²) in [5.74, 6) is -0.296. The van der Waals surface area contributed by atoms with Crippen molar-refractivity contribution in [2.24, 2.45) is 22.2 Å². The van der Waals surface area contributed by atoms with Gasteiger partial charge < -0.3 is 40.1 Å². The lowest BCUT2D eigenvalue weighted by Crippen LogP contribution is -2.63. The first-order chi connectivity index (χ1) is 16.3. The average Bonchev–Trinajstić information content (AvgIpc) is 2.83. The van der Waals surface area contributed by atoms with Gasteiger partial charge in [0.15, 0.2) is 12.1 Å². The smallest absolute Gasteiger partial charge is 0.186 e. The zero-order chi connectivity index (χ0) is 25.9. The van der Waals surface area contributed by atoms with Crippen LogP contribution in [0.25, 0.3) is 0 Å². The Morgan fingerprint density at radius 2 is 1.80 bits per heavy atom. The van der Waals surface area contributed by atoms with E-state index in [1.54, 1.807) is 6.92 Å². The quantitative estimate of drug-likeness (QED) is 0.293. The number of hydrogen-bond acceptors (Lipinski definition) is 9. The van der Waals surface area contributed by atoms with Crippen molar-refractivity contribution >= 4 is 5.78 Å². The van der Waals surface area contributed by atoms with Crippen LogP contribution < -0.4 is 0 Å². The maximum Gasteiger partial charge on any atom is 0.186 e. The first-order valence-corrected chi connectivity index (χ1v) is 12.5. The third-order valence-electron chi connectivity index (χ3n) is 9.44. The van der Waals surface area contributed by atoms with Crippen LogP contribution in [0, 0.1) is 22.2 Å². The van der Waals surface area contributed by atoms with Crippen molar-refractivity contribution in [3.05, 3.63) is 23.8 Å². The topological polar surface area (TPSA) is 157 Å². The molecule has 198 valence electrons. The van der Waals surface area contributed by atoms with Crippen LogP contribution in [0.4, 0.5) is 0 Å². The van der Waals surface area contributed by atoms with Crippen LogP contribution in [0.2, 0.25) is 0 Å². The van der Waals surface area contributed by atoms with Crippen LogP contribution in [0.1, 0.15) is 52.9 Å². The highest BCUT2D eigenvalue weighted by Crippen LogP contribution is 2.62. The fourth-order valence-electron chi connectivity index (χ4n) is 7.05. The van der Waals surface area contributed by atoms with Gasteiger partial charge in [0.1, 0.15) is 24.4 Å². The molecule has 1 saturated heterocycles. The molecule has 2 fully saturated rings. The van der Waals surface area contributed by atoms with E-state index in [0.29, 0.717) is 19.3 Å². The second kappa shape index (κ2) is 9.29. The van der Waals surface area contributed by atoms with E-state index in [1.165, 1.54) is 0 Å². The van der Waals surface area contributed by atoms with E-state index in [4.69, 9.17) is 9.47 Å². The molecule has 0 unspecified atom stereocenters. The van der Waals surface area contributed by atoms with Crippen LogP contribution in [-0.2, 0) is 14.3 Å². The van der Waals surface area contributed by atoms with Crippen LogP contribution in [-0.4, -0.2) is 92.5 Å². The number of carbonyl (C=O) groups is 1. The molecule has 4 aliphatic rings. The molecular formula is C26H40O9. The summed E-state index contributed by atoms with van der Waals surface area (Å²) in [7, 11) is 0. The van der Waals surface area contributed by atoms with Crippen LogP contribution in [0.5, 0.6) is 0 Å². The lowest BCUT2D eigenvalue weighted by Gasteiger charge is -2.60. The van der Waals surface area contributed by atoms with Gasteiger partial charge in [-0.3, -0.25) is 4.79 Å². The third-order valence-corrected chi connectivity index (χ3v) is 9.44. The van der Waals surface area contributed by atoms with Crippen LogP contribution in [0.3, 0.4) is 0 Å². The Balaban J connectivity index is 1.63. The summed E-state index contributed by atoms with van der Waals surface area (Å²) >= 11 is 0. The molecule has 0 radical (unpaired) electrons. The molecule has 1 aliphatic heterocycles. The van der Waals surface area contributed by atoms with Gasteiger partial charge in [-0.25, -0.2) is 0 Å². The molecule has 6 N–H and O–H groups in total. The Bertz CT molecular complexity index is 886. The highest BCUT2D eigenvalue weighted by atomic mass is 16.7. The maximum atomic E-state index is 13.4. The molecular weight excluding hydrogens is 456 g/mol. The van der Waals surface area contributed by atoms with Gasteiger partial charge in [-0.15, -0.1) is 6.58 Å². The second-order valence-electron chi connectivity index (χ2n) is 11.8. The van der Waals surface area contributed by atoms with Crippen molar-refractivity contribution < 1.29 is 44.9 Å². The van der Waals surface area contributed by atoms with Crippen molar-refractivity contribution in [2.45, 2.75) is 95.8 Å². The van der Waals surface area contributed by atoms with Crippen molar-refractivity contribution in [1.82, 2.24) is 0 Å². The van der Waals surface area contributed by atoms with Crippen LogP contribution >= 0.6 is 0 Å². The molecule has 0 bridgehead atoms. The molecule has 0 aromatic carbocycles. The summed E-state index contributed by atoms with van der Waals surface area (Å²) in [6.07, 6.45) is -4.79. The summed E-state index contributed by atoms with van der Waals surface area (Å²) < 4.78 is 11.3. The molecule has 3 aliphatic carbocycles. The highest BCUT2D eigenvalue weighted by Gasteiger charge is 2.61. The molecule has 35 heavy (non-hydrogen) atoms. The van der Waals surface area contributed by atoms with Gasteiger partial charge in [-0.05, 0) is 48.0 Å². The fraction of sp³-hybridized carbons (Fsp3) is 0.808. The Morgan fingerprint density at radius 1 is 1.11 bits per heavy atom. The fourth-order valence-corrected chi connectivity index (χ4v) is 7.05. The molecule has 1 heterocycles. The Hall–Kier alpha value is -1.17. The average molecular weight is 497 g/mol. The van der Waals surface area contributed by atoms with Crippen molar-refractivity contribution in [1.29, 1.82) is 0 Å². The molecule has 11 atom stereocenters. The molecule has 9 nitrogen and oxygen atoms in total. The second-order valence-corrected chi connectivity index (χ2v) is 11.8. The van der Waals surface area contributed by atoms with E-state index in [0.717, 1.165) is 17.6 Å². The largest absolute Gasteiger partial charge is 0.394 e. The monoisotopic (exact) mass is 496 g/mol. The minimum atomic E-state index is -1.59. The number of ketones is 1. The Labute approximate surface area is 206 Å². The number of aliphatic hydroxyl groups is 6. The molecule has 0 aromatic rings. The number of carbonyl (C=O) groups excluding carboxylic acids is 1. The van der Waals surface area contributed by atoms with Gasteiger partial charge in [0.25, 0.3) is 0 Å². The minimum absolute atomic E-state index is 0.0397. The predicted molar refractivity (Wildman–Crippen MR) is 125 cm³/mol. The standard InChI is InChI=1S/C26H40O9/c1-5-24(2)7-6-14-13(9-24)15(28)8-18-25(14,3)10-16(29)22(33)26(18,4)12-34-23-21(32)20(31)19(30)17(11-27)35-23/h5,16-23,27,29-33H,1,6-12H2,2-4H3/t16-,17-,18-,19+,20-,21+,22+,23-,24+,25-,26-/m1/s1. The predicted octanol–water partition coefficient (Wildman–Crippen LogP) is 0.203. The van der Waals surface area contributed by atoms with Gasteiger partial charge in [0.05, 0.1) is 25.4 Å². The number of allylic oxidation sites excluding steroid dienone is 3. The van der Waals surface area contributed by atoms with Gasteiger partial charge in [-0.2, -0.15) is 0 Å². The van der Waals surface area contributed by atoms with E-state index < -0.39 is 60.4 Å².